The summed E-state index contributed by atoms with van der Waals surface area (Å²) in [6.07, 6.45) is 6.31. The Morgan fingerprint density at radius 2 is 1.63 bits per heavy atom. The first-order valence-corrected chi connectivity index (χ1v) is 11.7. The maximum Gasteiger partial charge on any atom is 0.225 e. The number of benzene rings is 2. The van der Waals surface area contributed by atoms with Crippen LogP contribution in [-0.4, -0.2) is 35.5 Å². The van der Waals surface area contributed by atoms with Crippen LogP contribution in [0.3, 0.4) is 0 Å². The van der Waals surface area contributed by atoms with Gasteiger partial charge >= 0.3 is 0 Å². The van der Waals surface area contributed by atoms with Gasteiger partial charge in [0, 0.05) is 31.0 Å². The Morgan fingerprint density at radius 1 is 0.971 bits per heavy atom. The van der Waals surface area contributed by atoms with E-state index in [2.05, 4.69) is 43.4 Å². The van der Waals surface area contributed by atoms with Gasteiger partial charge in [-0.15, -0.1) is 10.6 Å². The molecule has 8 nitrogen and oxygen atoms in total. The highest BCUT2D eigenvalue weighted by molar-refractivity contribution is 5.99. The molecule has 5 rings (SSSR count). The fraction of sp³-hybridized carbons (Fsp3) is 0.320. The molecular weight excluding hydrogens is 452 g/mol. The summed E-state index contributed by atoms with van der Waals surface area (Å²) in [7, 11) is 0. The lowest BCUT2D eigenvalue weighted by molar-refractivity contribution is 0.207. The number of aromatic nitrogens is 2. The third kappa shape index (κ3) is 5.17. The lowest BCUT2D eigenvalue weighted by Crippen LogP contribution is -2.36. The Kier molecular flexibility index (Phi) is 6.71. The Morgan fingerprint density at radius 3 is 2.23 bits per heavy atom. The predicted molar refractivity (Wildman–Crippen MR) is 130 cm³/mol. The van der Waals surface area contributed by atoms with Crippen LogP contribution in [-0.2, 0) is 6.42 Å². The van der Waals surface area contributed by atoms with Crippen molar-refractivity contribution in [1.29, 1.82) is 0 Å². The molecule has 2 aliphatic heterocycles. The molecule has 0 unspecified atom stereocenters. The van der Waals surface area contributed by atoms with Crippen LogP contribution in [0.5, 0.6) is 5.75 Å². The van der Waals surface area contributed by atoms with Crippen LogP contribution in [0, 0.1) is 17.6 Å². The van der Waals surface area contributed by atoms with Crippen molar-refractivity contribution in [2.75, 3.05) is 24.6 Å². The second-order valence-corrected chi connectivity index (χ2v) is 8.65. The van der Waals surface area contributed by atoms with Crippen molar-refractivity contribution in [3.63, 3.8) is 0 Å². The molecule has 35 heavy (non-hydrogen) atoms. The molecule has 0 saturated carbocycles. The topological polar surface area (TPSA) is 86.7 Å². The zero-order valence-corrected chi connectivity index (χ0v) is 19.4. The molecule has 2 aromatic carbocycles. The number of nitrogens with one attached hydrogen (secondary N) is 3. The molecule has 3 heterocycles. The molecule has 3 N–H and O–H groups in total. The van der Waals surface area contributed by atoms with E-state index in [0.29, 0.717) is 17.0 Å². The molecule has 1 saturated heterocycles. The van der Waals surface area contributed by atoms with Crippen LogP contribution >= 0.6 is 0 Å². The first-order valence-electron chi connectivity index (χ1n) is 11.7. The molecule has 0 bridgehead atoms. The first kappa shape index (κ1) is 23.0. The monoisotopic (exact) mass is 479 g/mol. The number of hydrogen-bond acceptors (Lipinski definition) is 8. The van der Waals surface area contributed by atoms with E-state index in [1.54, 1.807) is 12.1 Å². The molecule has 2 aliphatic rings. The minimum absolute atomic E-state index is 0.211. The third-order valence-corrected chi connectivity index (χ3v) is 6.36. The lowest BCUT2D eigenvalue weighted by Gasteiger charge is -2.31. The molecule has 182 valence electrons. The average molecular weight is 480 g/mol. The van der Waals surface area contributed by atoms with E-state index in [9.17, 15) is 8.78 Å². The summed E-state index contributed by atoms with van der Waals surface area (Å²) in [4.78, 5) is 11.0. The van der Waals surface area contributed by atoms with Crippen molar-refractivity contribution in [3.05, 3.63) is 71.6 Å². The maximum absolute atomic E-state index is 14.8. The van der Waals surface area contributed by atoms with E-state index < -0.39 is 11.6 Å². The predicted octanol–water partition coefficient (Wildman–Crippen LogP) is 3.55. The average Bonchev–Trinajstić information content (AvgIpc) is 3.44. The van der Waals surface area contributed by atoms with Crippen LogP contribution < -0.4 is 26.1 Å². The zero-order valence-electron chi connectivity index (χ0n) is 19.4. The summed E-state index contributed by atoms with van der Waals surface area (Å²) in [5.74, 6) is -0.174. The number of anilines is 1. The minimum atomic E-state index is -0.707. The molecule has 0 radical (unpaired) electrons. The van der Waals surface area contributed by atoms with E-state index in [4.69, 9.17) is 4.74 Å². The molecular formula is C25H27F2N7O. The number of hydrazine groups is 2. The number of hydrogen-bond donors (Lipinski definition) is 3. The molecule has 1 aromatic heterocycles. The second-order valence-electron chi connectivity index (χ2n) is 8.65. The molecule has 10 heteroatoms. The number of amidine groups is 1. The molecule has 3 aromatic rings. The number of halogens is 2. The summed E-state index contributed by atoms with van der Waals surface area (Å²) in [6, 6.07) is 9.85. The van der Waals surface area contributed by atoms with Gasteiger partial charge in [-0.3, -0.25) is 5.43 Å². The number of aryl methyl sites for hydroxylation is 1. The van der Waals surface area contributed by atoms with Crippen LogP contribution in [0.15, 0.2) is 53.9 Å². The normalized spacial score (nSPS) is 16.0. The van der Waals surface area contributed by atoms with Crippen molar-refractivity contribution in [2.45, 2.75) is 26.2 Å². The Balaban J connectivity index is 1.18. The van der Waals surface area contributed by atoms with E-state index in [0.717, 1.165) is 49.4 Å². The van der Waals surface area contributed by atoms with Crippen molar-refractivity contribution in [3.8, 4) is 16.9 Å². The van der Waals surface area contributed by atoms with Crippen molar-refractivity contribution in [1.82, 2.24) is 26.5 Å². The second kappa shape index (κ2) is 10.2. The highest BCUT2D eigenvalue weighted by Crippen LogP contribution is 2.30. The summed E-state index contributed by atoms with van der Waals surface area (Å²) in [5.41, 5.74) is 11.2. The summed E-state index contributed by atoms with van der Waals surface area (Å²) in [5, 5.41) is 4.03. The van der Waals surface area contributed by atoms with Gasteiger partial charge in [-0.2, -0.15) is 0 Å². The van der Waals surface area contributed by atoms with Crippen molar-refractivity contribution in [2.24, 2.45) is 11.0 Å². The molecule has 0 amide bonds. The highest BCUT2D eigenvalue weighted by atomic mass is 19.1. The summed E-state index contributed by atoms with van der Waals surface area (Å²) in [6.45, 7) is 3.91. The quantitative estimate of drug-likeness (QED) is 0.478. The number of piperidine rings is 1. The molecule has 1 fully saturated rings. The van der Waals surface area contributed by atoms with Gasteiger partial charge in [0.05, 0.1) is 6.61 Å². The summed E-state index contributed by atoms with van der Waals surface area (Å²) >= 11 is 0. The standard InChI is InChI=1S/C25H27F2N7O/c1-2-16-13-28-25(29-14-16)34-9-7-17(8-10-34)15-35-23-21(26)11-20(12-22(23)27)18-3-5-19(6-4-18)24-30-32-33-31-24/h3-6,11-14,17,32-33H,2,7-10,15H2,1H3,(H,30,31). The SMILES string of the molecule is CCc1cnc(N2CCC(COc3c(F)cc(-c4ccc(C5=NNNN5)cc4)cc3F)CC2)nc1. The van der Waals surface area contributed by atoms with Crippen LogP contribution in [0.2, 0.25) is 0 Å². The minimum Gasteiger partial charge on any atom is -0.487 e. The Bertz CT molecular complexity index is 1170. The van der Waals surface area contributed by atoms with Gasteiger partial charge in [-0.25, -0.2) is 24.3 Å². The van der Waals surface area contributed by atoms with Gasteiger partial charge in [0.2, 0.25) is 5.95 Å². The van der Waals surface area contributed by atoms with Crippen molar-refractivity contribution >= 4 is 11.8 Å². The summed E-state index contributed by atoms with van der Waals surface area (Å²) < 4.78 is 35.2. The van der Waals surface area contributed by atoms with Gasteiger partial charge in [-0.1, -0.05) is 31.2 Å². The smallest absolute Gasteiger partial charge is 0.225 e. The van der Waals surface area contributed by atoms with Gasteiger partial charge in [0.25, 0.3) is 0 Å². The Labute approximate surface area is 202 Å². The van der Waals surface area contributed by atoms with Crippen LogP contribution in [0.1, 0.15) is 30.9 Å². The molecule has 0 spiro atoms. The van der Waals surface area contributed by atoms with Gasteiger partial charge < -0.3 is 9.64 Å². The highest BCUT2D eigenvalue weighted by Gasteiger charge is 2.23. The van der Waals surface area contributed by atoms with Gasteiger partial charge in [-0.05, 0) is 54.0 Å². The molecule has 0 aliphatic carbocycles. The molecule has 0 atom stereocenters. The van der Waals surface area contributed by atoms with E-state index >= 15 is 0 Å². The number of rotatable bonds is 7. The number of ether oxygens (including phenoxy) is 1. The van der Waals surface area contributed by atoms with Crippen LogP contribution in [0.4, 0.5) is 14.7 Å². The largest absolute Gasteiger partial charge is 0.487 e. The van der Waals surface area contributed by atoms with E-state index in [1.165, 1.54) is 12.1 Å². The van der Waals surface area contributed by atoms with Crippen molar-refractivity contribution < 1.29 is 13.5 Å². The Hall–Kier alpha value is -3.79. The maximum atomic E-state index is 14.8. The fourth-order valence-corrected chi connectivity index (χ4v) is 4.22. The third-order valence-electron chi connectivity index (χ3n) is 6.36. The number of hydrazone groups is 1. The lowest BCUT2D eigenvalue weighted by atomic mass is 9.98. The fourth-order valence-electron chi connectivity index (χ4n) is 4.22. The van der Waals surface area contributed by atoms with Gasteiger partial charge in [0.15, 0.2) is 23.2 Å². The zero-order chi connectivity index (χ0) is 24.2. The van der Waals surface area contributed by atoms with E-state index in [-0.39, 0.29) is 18.3 Å². The first-order chi connectivity index (χ1) is 17.1. The number of nitrogens with zero attached hydrogens (tertiary/aromatic N) is 4. The van der Waals surface area contributed by atoms with Crippen LogP contribution in [0.25, 0.3) is 11.1 Å². The van der Waals surface area contributed by atoms with Gasteiger partial charge in [0.1, 0.15) is 0 Å². The van der Waals surface area contributed by atoms with E-state index in [1.807, 2.05) is 24.5 Å².